The molecule has 2 aliphatic carbocycles. The van der Waals surface area contributed by atoms with Crippen LogP contribution in [-0.2, 0) is 35.6 Å². The quantitative estimate of drug-likeness (QED) is 0.0810. The Bertz CT molecular complexity index is 2460. The maximum Gasteiger partial charge on any atom is 0.311 e. The van der Waals surface area contributed by atoms with Gasteiger partial charge in [0.05, 0.1) is 34.9 Å². The number of carboxylic acid groups (broad SMARTS) is 1. The lowest BCUT2D eigenvalue weighted by Crippen LogP contribution is -2.32. The van der Waals surface area contributed by atoms with E-state index < -0.39 is 18.0 Å². The van der Waals surface area contributed by atoms with Crippen molar-refractivity contribution in [2.24, 2.45) is 11.3 Å². The predicted molar refractivity (Wildman–Crippen MR) is 231 cm³/mol. The summed E-state index contributed by atoms with van der Waals surface area (Å²) in [7, 11) is 1.63. The van der Waals surface area contributed by atoms with Crippen molar-refractivity contribution in [3.63, 3.8) is 0 Å². The number of Topliss-reactive ketones (excluding diaryl/α,β-unsaturated/α-hetero) is 1. The topological polar surface area (TPSA) is 177 Å². The molecule has 1 saturated carbocycles. The van der Waals surface area contributed by atoms with E-state index in [4.69, 9.17) is 24.2 Å². The molecule has 0 aliphatic heterocycles. The monoisotopic (exact) mass is 937 g/mol. The molecule has 2 aromatic carbocycles. The molecular weight excluding hydrogens is 894 g/mol. The maximum absolute atomic E-state index is 12.0. The normalized spacial score (nSPS) is 16.8. The van der Waals surface area contributed by atoms with Gasteiger partial charge < -0.3 is 29.7 Å². The van der Waals surface area contributed by atoms with Crippen molar-refractivity contribution < 1.29 is 34.0 Å². The van der Waals surface area contributed by atoms with Crippen molar-refractivity contribution in [2.45, 2.75) is 71.1 Å². The molecule has 7 rings (SSSR count). The van der Waals surface area contributed by atoms with Crippen molar-refractivity contribution in [1.82, 2.24) is 20.3 Å². The van der Waals surface area contributed by atoms with Crippen LogP contribution >= 0.6 is 31.9 Å². The number of ketones is 1. The molecule has 1 fully saturated rings. The Kier molecular flexibility index (Phi) is 13.6. The molecule has 3 atom stereocenters. The lowest BCUT2D eigenvalue weighted by atomic mass is 9.85. The first-order valence-corrected chi connectivity index (χ1v) is 21.4. The van der Waals surface area contributed by atoms with E-state index in [0.717, 1.165) is 57.4 Å². The van der Waals surface area contributed by atoms with Gasteiger partial charge in [0, 0.05) is 58.5 Å². The fraction of sp³-hybridized carbons (Fsp3) is 0.348. The number of aliphatic carboxylic acids is 1. The number of aromatic nitrogens is 3. The van der Waals surface area contributed by atoms with Crippen molar-refractivity contribution in [2.75, 3.05) is 20.3 Å². The number of fused-ring (bicyclic) bond motifs is 1. The molecule has 60 heavy (non-hydrogen) atoms. The minimum absolute atomic E-state index is 0.0669. The highest BCUT2D eigenvalue weighted by Gasteiger charge is 2.33. The van der Waals surface area contributed by atoms with Crippen LogP contribution in [0.1, 0.15) is 78.5 Å². The van der Waals surface area contributed by atoms with Crippen molar-refractivity contribution >= 4 is 43.6 Å². The predicted octanol–water partition coefficient (Wildman–Crippen LogP) is 8.73. The molecule has 310 valence electrons. The number of methoxy groups -OCH3 is 1. The summed E-state index contributed by atoms with van der Waals surface area (Å²) < 4.78 is 20.1. The fourth-order valence-corrected chi connectivity index (χ4v) is 8.93. The molecule has 0 spiro atoms. The van der Waals surface area contributed by atoms with E-state index in [9.17, 15) is 25.1 Å². The Morgan fingerprint density at radius 3 is 2.53 bits per heavy atom. The van der Waals surface area contributed by atoms with E-state index in [1.807, 2.05) is 36.4 Å². The number of pyridine rings is 3. The third kappa shape index (κ3) is 9.55. The first-order chi connectivity index (χ1) is 29.0. The third-order valence-electron chi connectivity index (χ3n) is 11.4. The summed E-state index contributed by atoms with van der Waals surface area (Å²) in [5.74, 6) is 0.756. The van der Waals surface area contributed by atoms with Gasteiger partial charge in [-0.1, -0.05) is 42.5 Å². The number of halogens is 2. The smallest absolute Gasteiger partial charge is 0.311 e. The standard InChI is InChI=1S/C46H45Br2N5O7/c1-46(26-54,45(56)57)16-15-30-19-38(47)44(53-43(30)59-25-29-17-28(20-49)22-50-23-29)60-40-14-12-34-33(5-3-6-35(34)40)36-7-4-8-37(41(36)48)39-13-10-31(42(52-39)58-2)24-51-21-27-9-11-32(55)18-27/h3-8,10,13,17,19,22-23,27,40,51,54H,9,11-12,14-16,18,21,24-26H2,1-2H3,(H,56,57)/t27-,40+,46+/m1/s1. The van der Waals surface area contributed by atoms with E-state index in [-0.39, 0.29) is 31.4 Å². The van der Waals surface area contributed by atoms with E-state index >= 15 is 0 Å². The molecule has 0 amide bonds. The first kappa shape index (κ1) is 42.9. The number of aryl methyl sites for hydroxylation is 1. The molecule has 12 nitrogen and oxygen atoms in total. The molecule has 0 saturated heterocycles. The minimum atomic E-state index is -1.35. The van der Waals surface area contributed by atoms with Gasteiger partial charge in [-0.3, -0.25) is 14.6 Å². The fourth-order valence-electron chi connectivity index (χ4n) is 7.79. The van der Waals surface area contributed by atoms with Crippen LogP contribution in [0.3, 0.4) is 0 Å². The second-order valence-corrected chi connectivity index (χ2v) is 17.2. The summed E-state index contributed by atoms with van der Waals surface area (Å²) in [6, 6.07) is 22.0. The number of hydrogen-bond acceptors (Lipinski definition) is 11. The number of nitriles is 1. The summed E-state index contributed by atoms with van der Waals surface area (Å²) in [6.07, 6.45) is 6.91. The first-order valence-electron chi connectivity index (χ1n) is 19.8. The van der Waals surface area contributed by atoms with Gasteiger partial charge in [-0.2, -0.15) is 10.2 Å². The maximum atomic E-state index is 12.0. The van der Waals surface area contributed by atoms with Crippen molar-refractivity contribution in [3.05, 3.63) is 115 Å². The third-order valence-corrected chi connectivity index (χ3v) is 12.8. The summed E-state index contributed by atoms with van der Waals surface area (Å²) in [4.78, 5) is 37.5. The summed E-state index contributed by atoms with van der Waals surface area (Å²) in [5, 5.41) is 32.5. The van der Waals surface area contributed by atoms with Crippen molar-refractivity contribution in [1.29, 1.82) is 5.26 Å². The average molecular weight is 940 g/mol. The zero-order valence-electron chi connectivity index (χ0n) is 33.3. The molecule has 0 bridgehead atoms. The Morgan fingerprint density at radius 1 is 0.983 bits per heavy atom. The number of aliphatic hydroxyl groups excluding tert-OH is 1. The van der Waals surface area contributed by atoms with Crippen LogP contribution in [0.2, 0.25) is 0 Å². The Hall–Kier alpha value is -5.20. The molecule has 3 N–H and O–H groups in total. The van der Waals surface area contributed by atoms with Crippen LogP contribution in [0.25, 0.3) is 22.4 Å². The molecule has 2 aliphatic rings. The largest absolute Gasteiger partial charge is 0.481 e. The lowest BCUT2D eigenvalue weighted by Gasteiger charge is -2.23. The number of carboxylic acids is 1. The van der Waals surface area contributed by atoms with Gasteiger partial charge in [-0.25, -0.2) is 4.98 Å². The summed E-state index contributed by atoms with van der Waals surface area (Å²) >= 11 is 7.59. The number of nitrogens with one attached hydrogen (secondary N) is 1. The number of nitrogens with zero attached hydrogens (tertiary/aromatic N) is 4. The number of aliphatic hydroxyl groups is 1. The van der Waals surface area contributed by atoms with Gasteiger partial charge in [0.25, 0.3) is 0 Å². The van der Waals surface area contributed by atoms with Crippen LogP contribution < -0.4 is 19.5 Å². The molecule has 0 unspecified atom stereocenters. The zero-order valence-corrected chi connectivity index (χ0v) is 36.5. The van der Waals surface area contributed by atoms with Crippen LogP contribution in [-0.4, -0.2) is 57.2 Å². The summed E-state index contributed by atoms with van der Waals surface area (Å²) in [6.45, 7) is 2.43. The lowest BCUT2D eigenvalue weighted by molar-refractivity contribution is -0.150. The molecule has 3 aromatic heterocycles. The van der Waals surface area contributed by atoms with E-state index in [1.165, 1.54) is 18.7 Å². The highest BCUT2D eigenvalue weighted by Crippen LogP contribution is 2.45. The highest BCUT2D eigenvalue weighted by atomic mass is 79.9. The number of ether oxygens (including phenoxy) is 3. The number of carbonyl (C=O) groups excluding carboxylic acids is 1. The molecule has 14 heteroatoms. The number of carbonyl (C=O) groups is 2. The van der Waals surface area contributed by atoms with Crippen LogP contribution in [0.4, 0.5) is 0 Å². The van der Waals surface area contributed by atoms with Gasteiger partial charge in [-0.05, 0) is 124 Å². The van der Waals surface area contributed by atoms with Gasteiger partial charge in [-0.15, -0.1) is 0 Å². The van der Waals surface area contributed by atoms with Gasteiger partial charge in [0.15, 0.2) is 0 Å². The Balaban J connectivity index is 1.12. The highest BCUT2D eigenvalue weighted by molar-refractivity contribution is 9.11. The number of rotatable bonds is 17. The van der Waals surface area contributed by atoms with E-state index in [2.05, 4.69) is 66.4 Å². The molecule has 0 radical (unpaired) electrons. The molecular formula is C46H45Br2N5O7. The second kappa shape index (κ2) is 19.0. The van der Waals surface area contributed by atoms with Crippen molar-refractivity contribution in [3.8, 4) is 46.1 Å². The SMILES string of the molecule is COc1nc(-c2cccc(-c3cccc4c3CC[C@@H]4Oc3nc(OCc4cncc(C#N)c4)c(CC[C@@](C)(CO)C(=O)O)cc3Br)c2Br)ccc1CNC[C@@H]1CCC(=O)C1. The van der Waals surface area contributed by atoms with Crippen LogP contribution in [0, 0.1) is 22.7 Å². The molecule has 5 aromatic rings. The minimum Gasteiger partial charge on any atom is -0.481 e. The number of benzene rings is 2. The summed E-state index contributed by atoms with van der Waals surface area (Å²) in [5.41, 5.74) is 7.31. The van der Waals surface area contributed by atoms with Crippen LogP contribution in [0.5, 0.6) is 17.6 Å². The van der Waals surface area contributed by atoms with Gasteiger partial charge in [0.2, 0.25) is 17.6 Å². The van der Waals surface area contributed by atoms with Gasteiger partial charge >= 0.3 is 5.97 Å². The van der Waals surface area contributed by atoms with E-state index in [0.29, 0.717) is 70.4 Å². The van der Waals surface area contributed by atoms with Gasteiger partial charge in [0.1, 0.15) is 24.6 Å². The number of hydrogen-bond donors (Lipinski definition) is 3. The Labute approximate surface area is 365 Å². The average Bonchev–Trinajstić information content (AvgIpc) is 3.88. The van der Waals surface area contributed by atoms with Crippen LogP contribution in [0.15, 0.2) is 82.0 Å². The Morgan fingerprint density at radius 2 is 1.78 bits per heavy atom. The van der Waals surface area contributed by atoms with E-state index in [1.54, 1.807) is 19.4 Å². The molecule has 3 heterocycles. The zero-order chi connectivity index (χ0) is 42.4. The second-order valence-electron chi connectivity index (χ2n) is 15.6.